The van der Waals surface area contributed by atoms with Crippen molar-refractivity contribution < 1.29 is 4.74 Å². The first-order valence-corrected chi connectivity index (χ1v) is 5.04. The molecule has 1 aliphatic heterocycles. The second-order valence-corrected chi connectivity index (χ2v) is 3.83. The summed E-state index contributed by atoms with van der Waals surface area (Å²) in [5, 5.41) is 8.20. The van der Waals surface area contributed by atoms with Crippen molar-refractivity contribution in [2.75, 3.05) is 0 Å². The topological polar surface area (TPSA) is 35.0 Å². The summed E-state index contributed by atoms with van der Waals surface area (Å²) < 4.78 is 5.75. The number of hydrogen-bond donors (Lipinski definition) is 0. The molecule has 2 atom stereocenters. The van der Waals surface area contributed by atoms with Crippen molar-refractivity contribution >= 4 is 0 Å². The van der Waals surface area contributed by atoms with E-state index in [9.17, 15) is 0 Å². The summed E-state index contributed by atoms with van der Waals surface area (Å²) in [6.45, 7) is 0.677. The lowest BCUT2D eigenvalue weighted by Crippen LogP contribution is -2.29. The number of hydrogen-bond acceptors (Lipinski definition) is 3. The van der Waals surface area contributed by atoms with Gasteiger partial charge in [-0.25, -0.2) is 0 Å². The molecule has 3 nitrogen and oxygen atoms in total. The summed E-state index contributed by atoms with van der Waals surface area (Å²) in [4.78, 5) is 0. The van der Waals surface area contributed by atoms with Gasteiger partial charge in [0.15, 0.2) is 0 Å². The monoisotopic (exact) mass is 188 g/mol. The zero-order chi connectivity index (χ0) is 9.38. The van der Waals surface area contributed by atoms with E-state index in [1.54, 1.807) is 6.20 Å². The van der Waals surface area contributed by atoms with Gasteiger partial charge in [0.25, 0.3) is 0 Å². The van der Waals surface area contributed by atoms with Crippen LogP contribution in [0.5, 0.6) is 0 Å². The van der Waals surface area contributed by atoms with Gasteiger partial charge in [0, 0.05) is 17.7 Å². The predicted octanol–water partition coefficient (Wildman–Crippen LogP) is 1.81. The summed E-state index contributed by atoms with van der Waals surface area (Å²) in [6, 6.07) is 2.01. The highest BCUT2D eigenvalue weighted by Crippen LogP contribution is 2.35. The van der Waals surface area contributed by atoms with Crippen molar-refractivity contribution in [1.82, 2.24) is 10.2 Å². The lowest BCUT2D eigenvalue weighted by molar-refractivity contribution is 0.0313. The van der Waals surface area contributed by atoms with Gasteiger partial charge in [0.2, 0.25) is 0 Å². The Balaban J connectivity index is 2.04. The van der Waals surface area contributed by atoms with Gasteiger partial charge in [-0.2, -0.15) is 10.2 Å². The average Bonchev–Trinajstić information content (AvgIpc) is 2.29. The lowest BCUT2D eigenvalue weighted by atomic mass is 9.85. The van der Waals surface area contributed by atoms with Crippen molar-refractivity contribution in [3.63, 3.8) is 0 Å². The number of nitrogens with zero attached hydrogens (tertiary/aromatic N) is 2. The number of aromatic nitrogens is 2. The lowest BCUT2D eigenvalue weighted by Gasteiger charge is -2.32. The molecule has 1 aromatic heterocycles. The first-order chi connectivity index (χ1) is 6.95. The number of allylic oxidation sites excluding steroid dienone is 1. The first kappa shape index (κ1) is 8.12. The molecule has 0 N–H and O–H groups in total. The van der Waals surface area contributed by atoms with E-state index in [1.165, 1.54) is 5.56 Å². The second-order valence-electron chi connectivity index (χ2n) is 3.83. The van der Waals surface area contributed by atoms with E-state index < -0.39 is 0 Å². The zero-order valence-electron chi connectivity index (χ0n) is 7.89. The maximum Gasteiger partial charge on any atom is 0.0844 e. The SMILES string of the molecule is C1=CC2OCc3ccnnc3C2CC1. The largest absolute Gasteiger partial charge is 0.369 e. The van der Waals surface area contributed by atoms with Crippen LogP contribution < -0.4 is 0 Å². The van der Waals surface area contributed by atoms with Crippen LogP contribution in [0.2, 0.25) is 0 Å². The summed E-state index contributed by atoms with van der Waals surface area (Å²) in [7, 11) is 0. The molecule has 3 rings (SSSR count). The Kier molecular flexibility index (Phi) is 1.84. The maximum atomic E-state index is 5.75. The van der Waals surface area contributed by atoms with Crippen molar-refractivity contribution in [3.05, 3.63) is 35.7 Å². The molecule has 0 amide bonds. The van der Waals surface area contributed by atoms with Gasteiger partial charge >= 0.3 is 0 Å². The number of rotatable bonds is 0. The van der Waals surface area contributed by atoms with E-state index in [1.807, 2.05) is 6.07 Å². The van der Waals surface area contributed by atoms with Crippen molar-refractivity contribution in [2.45, 2.75) is 31.5 Å². The predicted molar refractivity (Wildman–Crippen MR) is 51.7 cm³/mol. The standard InChI is InChI=1S/C11H12N2O/c1-2-4-10-9(3-1)11-8(7-14-10)5-6-12-13-11/h2,4-6,9-10H,1,3,7H2. The van der Waals surface area contributed by atoms with Crippen molar-refractivity contribution in [3.8, 4) is 0 Å². The molecule has 0 saturated carbocycles. The fourth-order valence-corrected chi connectivity index (χ4v) is 2.26. The third kappa shape index (κ3) is 1.16. The molecule has 2 unspecified atom stereocenters. The highest BCUT2D eigenvalue weighted by Gasteiger charge is 2.31. The molecule has 0 fully saturated rings. The molecule has 1 aliphatic carbocycles. The van der Waals surface area contributed by atoms with Crippen molar-refractivity contribution in [1.29, 1.82) is 0 Å². The van der Waals surface area contributed by atoms with Crippen LogP contribution in [-0.4, -0.2) is 16.3 Å². The van der Waals surface area contributed by atoms with Gasteiger partial charge in [-0.1, -0.05) is 12.2 Å². The highest BCUT2D eigenvalue weighted by molar-refractivity contribution is 5.27. The third-order valence-corrected chi connectivity index (χ3v) is 2.99. The summed E-state index contributed by atoms with van der Waals surface area (Å²) in [5.74, 6) is 0.428. The van der Waals surface area contributed by atoms with Crippen LogP contribution in [0.1, 0.15) is 30.0 Å². The van der Waals surface area contributed by atoms with Gasteiger partial charge in [-0.15, -0.1) is 0 Å². The van der Waals surface area contributed by atoms with Crippen LogP contribution in [0.25, 0.3) is 0 Å². The Hall–Kier alpha value is -1.22. The molecule has 0 spiro atoms. The van der Waals surface area contributed by atoms with Gasteiger partial charge in [0.1, 0.15) is 0 Å². The molecule has 1 aromatic rings. The zero-order valence-corrected chi connectivity index (χ0v) is 7.89. The molecule has 2 aliphatic rings. The van der Waals surface area contributed by atoms with E-state index in [0.29, 0.717) is 12.5 Å². The highest BCUT2D eigenvalue weighted by atomic mass is 16.5. The quantitative estimate of drug-likeness (QED) is 0.582. The molecule has 0 aromatic carbocycles. The Morgan fingerprint density at radius 1 is 1.43 bits per heavy atom. The van der Waals surface area contributed by atoms with E-state index >= 15 is 0 Å². The van der Waals surface area contributed by atoms with Gasteiger partial charge in [-0.3, -0.25) is 0 Å². The fourth-order valence-electron chi connectivity index (χ4n) is 2.26. The molecular weight excluding hydrogens is 176 g/mol. The van der Waals surface area contributed by atoms with Gasteiger partial charge < -0.3 is 4.74 Å². The van der Waals surface area contributed by atoms with Crippen LogP contribution in [0.15, 0.2) is 24.4 Å². The molecule has 72 valence electrons. The van der Waals surface area contributed by atoms with Crippen molar-refractivity contribution in [2.24, 2.45) is 0 Å². The molecule has 3 heteroatoms. The number of ether oxygens (including phenoxy) is 1. The van der Waals surface area contributed by atoms with Gasteiger partial charge in [0.05, 0.1) is 18.4 Å². The molecule has 0 saturated heterocycles. The fraction of sp³-hybridized carbons (Fsp3) is 0.455. The average molecular weight is 188 g/mol. The Bertz CT molecular complexity index is 375. The van der Waals surface area contributed by atoms with Gasteiger partial charge in [-0.05, 0) is 18.9 Å². The normalized spacial score (nSPS) is 29.4. The van der Waals surface area contributed by atoms with E-state index in [-0.39, 0.29) is 6.10 Å². The molecule has 2 heterocycles. The molecule has 0 radical (unpaired) electrons. The first-order valence-electron chi connectivity index (χ1n) is 5.04. The van der Waals surface area contributed by atoms with E-state index in [0.717, 1.165) is 18.5 Å². The Labute approximate surface area is 82.8 Å². The van der Waals surface area contributed by atoms with E-state index in [4.69, 9.17) is 4.74 Å². The summed E-state index contributed by atoms with van der Waals surface area (Å²) in [5.41, 5.74) is 2.35. The summed E-state index contributed by atoms with van der Waals surface area (Å²) >= 11 is 0. The minimum absolute atomic E-state index is 0.230. The smallest absolute Gasteiger partial charge is 0.0844 e. The Morgan fingerprint density at radius 2 is 2.43 bits per heavy atom. The molecule has 0 bridgehead atoms. The molecular formula is C11H12N2O. The van der Waals surface area contributed by atoms with Crippen LogP contribution in [-0.2, 0) is 11.3 Å². The van der Waals surface area contributed by atoms with Crippen LogP contribution in [0.3, 0.4) is 0 Å². The minimum atomic E-state index is 0.230. The molecule has 14 heavy (non-hydrogen) atoms. The third-order valence-electron chi connectivity index (χ3n) is 2.99. The minimum Gasteiger partial charge on any atom is -0.369 e. The van der Waals surface area contributed by atoms with E-state index in [2.05, 4.69) is 22.3 Å². The van der Waals surface area contributed by atoms with Crippen LogP contribution >= 0.6 is 0 Å². The summed E-state index contributed by atoms with van der Waals surface area (Å²) in [6.07, 6.45) is 8.58. The van der Waals surface area contributed by atoms with Crippen LogP contribution in [0.4, 0.5) is 0 Å². The second kappa shape index (κ2) is 3.17. The van der Waals surface area contributed by atoms with Crippen LogP contribution in [0, 0.1) is 0 Å². The maximum absolute atomic E-state index is 5.75. The number of fused-ring (bicyclic) bond motifs is 3. The Morgan fingerprint density at radius 3 is 3.43 bits per heavy atom.